The second kappa shape index (κ2) is 6.66. The molecule has 1 aromatic rings. The van der Waals surface area contributed by atoms with E-state index in [2.05, 4.69) is 9.46 Å². The Balaban J connectivity index is 2.44. The molecular formula is C9H12F3NO4S2. The van der Waals surface area contributed by atoms with E-state index in [1.165, 1.54) is 11.4 Å². The summed E-state index contributed by atoms with van der Waals surface area (Å²) in [6, 6.07) is 1.31. The maximum Gasteiger partial charge on any atom is 0.411 e. The lowest BCUT2D eigenvalue weighted by Gasteiger charge is -2.09. The van der Waals surface area contributed by atoms with Gasteiger partial charge in [-0.25, -0.2) is 13.1 Å². The summed E-state index contributed by atoms with van der Waals surface area (Å²) in [7, 11) is -3.84. The van der Waals surface area contributed by atoms with Gasteiger partial charge >= 0.3 is 6.18 Å². The molecule has 0 spiro atoms. The van der Waals surface area contributed by atoms with Crippen LogP contribution in [-0.4, -0.2) is 39.5 Å². The van der Waals surface area contributed by atoms with Crippen molar-refractivity contribution in [1.29, 1.82) is 0 Å². The van der Waals surface area contributed by atoms with E-state index in [9.17, 15) is 21.6 Å². The first-order valence-electron chi connectivity index (χ1n) is 5.07. The van der Waals surface area contributed by atoms with Crippen molar-refractivity contribution in [1.82, 2.24) is 4.72 Å². The first-order chi connectivity index (χ1) is 8.76. The fraction of sp³-hybridized carbons (Fsp3) is 0.556. The fourth-order valence-corrected chi connectivity index (χ4v) is 3.50. The number of hydrogen-bond acceptors (Lipinski definition) is 5. The summed E-state index contributed by atoms with van der Waals surface area (Å²) in [4.78, 5) is 0.194. The number of halogens is 3. The highest BCUT2D eigenvalue weighted by molar-refractivity contribution is 7.89. The lowest BCUT2D eigenvalue weighted by Crippen LogP contribution is -2.29. The highest BCUT2D eigenvalue weighted by Gasteiger charge is 2.27. The number of sulfonamides is 1. The van der Waals surface area contributed by atoms with Gasteiger partial charge in [0.2, 0.25) is 10.0 Å². The van der Waals surface area contributed by atoms with E-state index in [0.717, 1.165) is 11.3 Å². The molecule has 0 aliphatic heterocycles. The molecule has 0 saturated carbocycles. The molecule has 0 fully saturated rings. The fourth-order valence-electron chi connectivity index (χ4n) is 1.20. The van der Waals surface area contributed by atoms with Crippen LogP contribution in [0.4, 0.5) is 13.2 Å². The maximum atomic E-state index is 11.7. The third kappa shape index (κ3) is 5.45. The molecular weight excluding hydrogens is 307 g/mol. The molecule has 1 rings (SSSR count). The number of ether oxygens (including phenoxy) is 1. The van der Waals surface area contributed by atoms with Gasteiger partial charge in [-0.15, -0.1) is 11.3 Å². The first-order valence-corrected chi connectivity index (χ1v) is 7.44. The molecule has 0 radical (unpaired) electrons. The standard InChI is InChI=1S/C9H12F3NO4S2/c10-9(11,12)6-17-3-2-13-19(15,16)8-1-4-18-7(8)5-14/h1,4,13-14H,2-3,5-6H2. The molecule has 0 atom stereocenters. The maximum absolute atomic E-state index is 11.7. The van der Waals surface area contributed by atoms with E-state index >= 15 is 0 Å². The van der Waals surface area contributed by atoms with E-state index in [1.807, 2.05) is 0 Å². The highest BCUT2D eigenvalue weighted by atomic mass is 32.2. The number of rotatable bonds is 7. The number of aliphatic hydroxyl groups excluding tert-OH is 1. The van der Waals surface area contributed by atoms with Crippen molar-refractivity contribution < 1.29 is 31.4 Å². The molecule has 0 bridgehead atoms. The third-order valence-corrected chi connectivity index (χ3v) is 4.52. The van der Waals surface area contributed by atoms with Crippen LogP contribution in [0.5, 0.6) is 0 Å². The predicted octanol–water partition coefficient (Wildman–Crippen LogP) is 1.10. The molecule has 1 aromatic heterocycles. The van der Waals surface area contributed by atoms with Gasteiger partial charge < -0.3 is 9.84 Å². The van der Waals surface area contributed by atoms with Crippen molar-refractivity contribution in [3.8, 4) is 0 Å². The number of alkyl halides is 3. The Kier molecular flexibility index (Phi) is 5.74. The monoisotopic (exact) mass is 319 g/mol. The van der Waals surface area contributed by atoms with Crippen molar-refractivity contribution in [3.63, 3.8) is 0 Å². The van der Waals surface area contributed by atoms with Crippen LogP contribution in [0, 0.1) is 0 Å². The molecule has 0 amide bonds. The molecule has 0 unspecified atom stereocenters. The van der Waals surface area contributed by atoms with Gasteiger partial charge in [0, 0.05) is 11.4 Å². The average molecular weight is 319 g/mol. The molecule has 0 saturated heterocycles. The van der Waals surface area contributed by atoms with Gasteiger partial charge in [0.15, 0.2) is 0 Å². The lowest BCUT2D eigenvalue weighted by molar-refractivity contribution is -0.173. The summed E-state index contributed by atoms with van der Waals surface area (Å²) >= 11 is 1.07. The highest BCUT2D eigenvalue weighted by Crippen LogP contribution is 2.21. The van der Waals surface area contributed by atoms with Crippen LogP contribution in [0.2, 0.25) is 0 Å². The van der Waals surface area contributed by atoms with Crippen LogP contribution in [0.25, 0.3) is 0 Å². The molecule has 110 valence electrons. The van der Waals surface area contributed by atoms with Gasteiger partial charge in [0.05, 0.1) is 18.1 Å². The Morgan fingerprint density at radius 2 is 2.11 bits per heavy atom. The third-order valence-electron chi connectivity index (χ3n) is 1.94. The van der Waals surface area contributed by atoms with E-state index in [-0.39, 0.29) is 16.3 Å². The quantitative estimate of drug-likeness (QED) is 0.738. The second-order valence-electron chi connectivity index (χ2n) is 3.43. The van der Waals surface area contributed by atoms with Crippen LogP contribution >= 0.6 is 11.3 Å². The number of aliphatic hydroxyl groups is 1. The van der Waals surface area contributed by atoms with Crippen molar-refractivity contribution >= 4 is 21.4 Å². The molecule has 19 heavy (non-hydrogen) atoms. The zero-order valence-corrected chi connectivity index (χ0v) is 11.2. The van der Waals surface area contributed by atoms with Crippen molar-refractivity contribution in [3.05, 3.63) is 16.3 Å². The van der Waals surface area contributed by atoms with E-state index < -0.39 is 36.0 Å². The van der Waals surface area contributed by atoms with Gasteiger partial charge in [0.1, 0.15) is 6.61 Å². The largest absolute Gasteiger partial charge is 0.411 e. The summed E-state index contributed by atoms with van der Waals surface area (Å²) in [6.07, 6.45) is -4.43. The van der Waals surface area contributed by atoms with Crippen LogP contribution < -0.4 is 4.72 Å². The Hall–Kier alpha value is -0.680. The van der Waals surface area contributed by atoms with Crippen LogP contribution in [0.3, 0.4) is 0 Å². The number of hydrogen-bond donors (Lipinski definition) is 2. The second-order valence-corrected chi connectivity index (χ2v) is 6.17. The van der Waals surface area contributed by atoms with Gasteiger partial charge in [0.25, 0.3) is 0 Å². The minimum atomic E-state index is -4.43. The molecule has 10 heteroatoms. The minimum Gasteiger partial charge on any atom is -0.391 e. The van der Waals surface area contributed by atoms with Gasteiger partial charge in [-0.3, -0.25) is 0 Å². The van der Waals surface area contributed by atoms with Gasteiger partial charge in [-0.1, -0.05) is 0 Å². The first kappa shape index (κ1) is 16.4. The SMILES string of the molecule is O=S(=O)(NCCOCC(F)(F)F)c1ccsc1CO. The van der Waals surface area contributed by atoms with Crippen LogP contribution in [-0.2, 0) is 21.4 Å². The molecule has 0 aliphatic rings. The molecule has 5 nitrogen and oxygen atoms in total. The van der Waals surface area contributed by atoms with Crippen LogP contribution in [0.15, 0.2) is 16.3 Å². The van der Waals surface area contributed by atoms with Gasteiger partial charge in [-0.05, 0) is 11.4 Å². The zero-order chi connectivity index (χ0) is 14.5. The summed E-state index contributed by atoms with van der Waals surface area (Å²) in [5.74, 6) is 0. The number of nitrogens with one attached hydrogen (secondary N) is 1. The lowest BCUT2D eigenvalue weighted by atomic mass is 10.5. The summed E-state index contributed by atoms with van der Waals surface area (Å²) < 4.78 is 65.1. The smallest absolute Gasteiger partial charge is 0.391 e. The van der Waals surface area contributed by atoms with E-state index in [4.69, 9.17) is 5.11 Å². The predicted molar refractivity (Wildman–Crippen MR) is 62.3 cm³/mol. The summed E-state index contributed by atoms with van der Waals surface area (Å²) in [6.45, 7) is -2.51. The van der Waals surface area contributed by atoms with Crippen molar-refractivity contribution in [2.24, 2.45) is 0 Å². The molecule has 0 aliphatic carbocycles. The summed E-state index contributed by atoms with van der Waals surface area (Å²) in [5, 5.41) is 10.4. The topological polar surface area (TPSA) is 75.6 Å². The Bertz CT molecular complexity index is 498. The molecule has 1 heterocycles. The minimum absolute atomic E-state index is 0.0733. The Labute approximate surface area is 112 Å². The van der Waals surface area contributed by atoms with Gasteiger partial charge in [-0.2, -0.15) is 13.2 Å². The summed E-state index contributed by atoms with van der Waals surface area (Å²) in [5.41, 5.74) is 0. The zero-order valence-electron chi connectivity index (χ0n) is 9.61. The Morgan fingerprint density at radius 3 is 2.68 bits per heavy atom. The molecule has 0 aromatic carbocycles. The van der Waals surface area contributed by atoms with Crippen molar-refractivity contribution in [2.45, 2.75) is 17.7 Å². The Morgan fingerprint density at radius 1 is 1.42 bits per heavy atom. The van der Waals surface area contributed by atoms with Crippen molar-refractivity contribution in [2.75, 3.05) is 19.8 Å². The van der Waals surface area contributed by atoms with E-state index in [1.54, 1.807) is 0 Å². The van der Waals surface area contributed by atoms with Crippen LogP contribution in [0.1, 0.15) is 4.88 Å². The molecule has 2 N–H and O–H groups in total. The average Bonchev–Trinajstić information content (AvgIpc) is 2.75. The number of thiophene rings is 1. The van der Waals surface area contributed by atoms with E-state index in [0.29, 0.717) is 0 Å². The normalized spacial score (nSPS) is 12.8.